The van der Waals surface area contributed by atoms with Crippen molar-refractivity contribution in [3.63, 3.8) is 0 Å². The van der Waals surface area contributed by atoms with E-state index in [4.69, 9.17) is 21.9 Å². The van der Waals surface area contributed by atoms with E-state index in [-0.39, 0.29) is 5.91 Å². The van der Waals surface area contributed by atoms with Crippen molar-refractivity contribution in [2.75, 3.05) is 25.4 Å². The van der Waals surface area contributed by atoms with E-state index in [1.165, 1.54) is 18.1 Å². The molecule has 2 N–H and O–H groups in total. The Morgan fingerprint density at radius 2 is 2.15 bits per heavy atom. The first kappa shape index (κ1) is 21.6. The van der Waals surface area contributed by atoms with Crippen molar-refractivity contribution in [3.05, 3.63) is 29.6 Å². The van der Waals surface area contributed by atoms with Gasteiger partial charge in [0.25, 0.3) is 0 Å². The minimum Gasteiger partial charge on any atom is -0.493 e. The van der Waals surface area contributed by atoms with Crippen molar-refractivity contribution in [3.8, 4) is 18.1 Å². The average Bonchev–Trinajstić information content (AvgIpc) is 3.42. The molecule has 0 aliphatic carbocycles. The largest absolute Gasteiger partial charge is 0.493 e. The molecule has 2 aliphatic heterocycles. The summed E-state index contributed by atoms with van der Waals surface area (Å²) in [5.41, 5.74) is 9.43. The molecule has 0 spiro atoms. The number of rotatable bonds is 5. The van der Waals surface area contributed by atoms with Gasteiger partial charge >= 0.3 is 0 Å². The number of fused-ring (bicyclic) bond motifs is 2. The van der Waals surface area contributed by atoms with Crippen molar-refractivity contribution in [1.29, 1.82) is 0 Å². The third kappa shape index (κ3) is 4.23. The Morgan fingerprint density at radius 3 is 2.91 bits per heavy atom. The van der Waals surface area contributed by atoms with E-state index >= 15 is 0 Å². The molecule has 9 heteroatoms. The Labute approximate surface area is 196 Å². The molecule has 0 radical (unpaired) electrons. The zero-order valence-electron chi connectivity index (χ0n) is 18.6. The van der Waals surface area contributed by atoms with Gasteiger partial charge in [0.1, 0.15) is 12.1 Å². The monoisotopic (exact) mass is 462 g/mol. The molecule has 1 fully saturated rings. The van der Waals surface area contributed by atoms with E-state index < -0.39 is 0 Å². The molecule has 5 rings (SSSR count). The summed E-state index contributed by atoms with van der Waals surface area (Å²) in [7, 11) is 0. The number of carbonyl (C=O) groups excluding carboxylic acids is 1. The van der Waals surface area contributed by atoms with Crippen LogP contribution in [0.25, 0.3) is 11.2 Å². The number of benzene rings is 1. The first-order chi connectivity index (χ1) is 16.0. The van der Waals surface area contributed by atoms with Crippen LogP contribution in [0.4, 0.5) is 5.82 Å². The Balaban J connectivity index is 1.43. The lowest BCUT2D eigenvalue weighted by atomic mass is 9.93. The summed E-state index contributed by atoms with van der Waals surface area (Å²) in [6.45, 7) is 4.72. The second-order valence-corrected chi connectivity index (χ2v) is 9.53. The number of likely N-dealkylation sites (tertiary alicyclic amines) is 1. The van der Waals surface area contributed by atoms with E-state index in [1.54, 1.807) is 6.92 Å². The highest BCUT2D eigenvalue weighted by Crippen LogP contribution is 2.38. The fraction of sp³-hybridized carbons (Fsp3) is 0.417. The molecule has 2 aliphatic rings. The van der Waals surface area contributed by atoms with Crippen LogP contribution in [0.5, 0.6) is 5.75 Å². The number of nitrogens with zero attached hydrogens (tertiary/aromatic N) is 5. The first-order valence-corrected chi connectivity index (χ1v) is 12.0. The third-order valence-corrected chi connectivity index (χ3v) is 7.55. The minimum atomic E-state index is 0.155. The number of nitrogens with two attached hydrogens (primary N) is 1. The number of hydrogen-bond donors (Lipinski definition) is 1. The minimum absolute atomic E-state index is 0.155. The first-order valence-electron chi connectivity index (χ1n) is 11.2. The van der Waals surface area contributed by atoms with Crippen LogP contribution in [0, 0.1) is 18.3 Å². The zero-order valence-corrected chi connectivity index (χ0v) is 19.4. The van der Waals surface area contributed by atoms with Gasteiger partial charge in [0.2, 0.25) is 5.91 Å². The van der Waals surface area contributed by atoms with Crippen molar-refractivity contribution in [2.24, 2.45) is 5.92 Å². The third-order valence-electron chi connectivity index (χ3n) is 6.49. The molecule has 0 atom stereocenters. The fourth-order valence-electron chi connectivity index (χ4n) is 4.56. The molecule has 1 saturated heterocycles. The number of ether oxygens (including phenoxy) is 1. The summed E-state index contributed by atoms with van der Waals surface area (Å²) in [4.78, 5) is 27.9. The van der Waals surface area contributed by atoms with Gasteiger partial charge in [0.05, 0.1) is 6.61 Å². The van der Waals surface area contributed by atoms with E-state index in [0.29, 0.717) is 23.9 Å². The topological polar surface area (TPSA) is 99.2 Å². The molecule has 3 aromatic rings. The van der Waals surface area contributed by atoms with Gasteiger partial charge in [-0.05, 0) is 42.9 Å². The van der Waals surface area contributed by atoms with Gasteiger partial charge in [0, 0.05) is 43.4 Å². The molecule has 2 aromatic heterocycles. The number of hydrogen-bond acceptors (Lipinski definition) is 7. The van der Waals surface area contributed by atoms with Crippen LogP contribution in [-0.2, 0) is 17.8 Å². The zero-order chi connectivity index (χ0) is 22.9. The molecule has 8 nitrogen and oxygen atoms in total. The van der Waals surface area contributed by atoms with Crippen LogP contribution in [0.2, 0.25) is 0 Å². The number of amides is 1. The number of piperidine rings is 1. The highest BCUT2D eigenvalue weighted by Gasteiger charge is 2.23. The molecule has 0 unspecified atom stereocenters. The van der Waals surface area contributed by atoms with Gasteiger partial charge in [-0.2, -0.15) is 0 Å². The SMILES string of the molecule is C#Cc1cc2c(cc1Sc1nc3c(N)ncnc3n1CCC1CCN(C(C)=O)CC1)OCC2. The van der Waals surface area contributed by atoms with Gasteiger partial charge in [-0.25, -0.2) is 15.0 Å². The Hall–Kier alpha value is -3.25. The van der Waals surface area contributed by atoms with Gasteiger partial charge in [-0.15, -0.1) is 6.42 Å². The molecule has 4 heterocycles. The fourth-order valence-corrected chi connectivity index (χ4v) is 5.58. The number of aryl methyl sites for hydroxylation is 1. The molecular formula is C24H26N6O2S. The molecule has 1 amide bonds. The van der Waals surface area contributed by atoms with E-state index in [1.807, 2.05) is 17.0 Å². The number of anilines is 1. The number of aromatic nitrogens is 4. The number of nitrogen functional groups attached to an aromatic ring is 1. The summed E-state index contributed by atoms with van der Waals surface area (Å²) in [6.07, 6.45) is 11.2. The Bertz CT molecular complexity index is 1260. The standard InChI is InChI=1S/C24H26N6O2S/c1-3-17-12-18-7-11-32-19(18)13-20(17)33-24-28-21-22(25)26-14-27-23(21)30(24)10-6-16-4-8-29(9-5-16)15(2)31/h1,12-14,16H,4-11H2,2H3,(H2,25,26,27). The van der Waals surface area contributed by atoms with E-state index in [9.17, 15) is 4.79 Å². The van der Waals surface area contributed by atoms with Crippen LogP contribution in [0.15, 0.2) is 28.5 Å². The summed E-state index contributed by atoms with van der Waals surface area (Å²) < 4.78 is 7.87. The molecule has 33 heavy (non-hydrogen) atoms. The lowest BCUT2D eigenvalue weighted by molar-refractivity contribution is -0.130. The average molecular weight is 463 g/mol. The summed E-state index contributed by atoms with van der Waals surface area (Å²) in [5, 5.41) is 0.785. The summed E-state index contributed by atoms with van der Waals surface area (Å²) >= 11 is 1.51. The van der Waals surface area contributed by atoms with Crippen molar-refractivity contribution < 1.29 is 9.53 Å². The number of carbonyl (C=O) groups is 1. The highest BCUT2D eigenvalue weighted by molar-refractivity contribution is 7.99. The summed E-state index contributed by atoms with van der Waals surface area (Å²) in [5.74, 6) is 4.76. The molecule has 1 aromatic carbocycles. The maximum Gasteiger partial charge on any atom is 0.219 e. The van der Waals surface area contributed by atoms with Crippen LogP contribution in [-0.4, -0.2) is 50.0 Å². The number of imidazole rings is 1. The van der Waals surface area contributed by atoms with E-state index in [0.717, 1.165) is 77.9 Å². The Morgan fingerprint density at radius 1 is 1.33 bits per heavy atom. The van der Waals surface area contributed by atoms with Gasteiger partial charge in [0.15, 0.2) is 22.1 Å². The number of terminal acetylenes is 1. The van der Waals surface area contributed by atoms with Crippen LogP contribution < -0.4 is 10.5 Å². The maximum absolute atomic E-state index is 11.6. The quantitative estimate of drug-likeness (QED) is 0.582. The van der Waals surface area contributed by atoms with Crippen LogP contribution in [0.1, 0.15) is 37.3 Å². The predicted molar refractivity (Wildman–Crippen MR) is 127 cm³/mol. The summed E-state index contributed by atoms with van der Waals surface area (Å²) in [6, 6.07) is 4.05. The molecule has 0 saturated carbocycles. The van der Waals surface area contributed by atoms with Crippen molar-refractivity contribution >= 4 is 34.7 Å². The highest BCUT2D eigenvalue weighted by atomic mass is 32.2. The lowest BCUT2D eigenvalue weighted by Gasteiger charge is -2.31. The van der Waals surface area contributed by atoms with Gasteiger partial charge in [-0.1, -0.05) is 17.7 Å². The maximum atomic E-state index is 11.6. The Kier molecular flexibility index (Phi) is 5.85. The van der Waals surface area contributed by atoms with E-state index in [2.05, 4.69) is 20.5 Å². The molecule has 170 valence electrons. The van der Waals surface area contributed by atoms with Crippen molar-refractivity contribution in [1.82, 2.24) is 24.4 Å². The molecular weight excluding hydrogens is 436 g/mol. The van der Waals surface area contributed by atoms with Gasteiger partial charge in [-0.3, -0.25) is 4.79 Å². The van der Waals surface area contributed by atoms with Crippen LogP contribution in [0.3, 0.4) is 0 Å². The second kappa shape index (κ2) is 8.94. The predicted octanol–water partition coefficient (Wildman–Crippen LogP) is 3.12. The second-order valence-electron chi connectivity index (χ2n) is 8.52. The normalized spacial score (nSPS) is 15.9. The van der Waals surface area contributed by atoms with Crippen molar-refractivity contribution in [2.45, 2.75) is 49.2 Å². The van der Waals surface area contributed by atoms with Crippen LogP contribution >= 0.6 is 11.8 Å². The van der Waals surface area contributed by atoms with Gasteiger partial charge < -0.3 is 19.9 Å². The smallest absolute Gasteiger partial charge is 0.219 e. The lowest BCUT2D eigenvalue weighted by Crippen LogP contribution is -2.37. The molecule has 0 bridgehead atoms.